The number of thioether (sulfide) groups is 1. The van der Waals surface area contributed by atoms with Gasteiger partial charge >= 0.3 is 5.97 Å². The fourth-order valence-electron chi connectivity index (χ4n) is 3.50. The van der Waals surface area contributed by atoms with Crippen molar-refractivity contribution < 1.29 is 27.9 Å². The molecule has 32 heavy (non-hydrogen) atoms. The van der Waals surface area contributed by atoms with Crippen molar-refractivity contribution in [3.05, 3.63) is 65.7 Å². The van der Waals surface area contributed by atoms with Crippen LogP contribution in [-0.4, -0.2) is 65.3 Å². The number of hydrogen-bond acceptors (Lipinski definition) is 7. The molecule has 10 heteroatoms. The van der Waals surface area contributed by atoms with E-state index in [0.29, 0.717) is 29.7 Å². The normalized spacial score (nSPS) is 16.6. The van der Waals surface area contributed by atoms with E-state index in [1.54, 1.807) is 48.5 Å². The molecule has 1 saturated heterocycles. The van der Waals surface area contributed by atoms with Crippen LogP contribution in [0.2, 0.25) is 0 Å². The van der Waals surface area contributed by atoms with Crippen LogP contribution in [0, 0.1) is 0 Å². The topological polar surface area (TPSA) is 121 Å². The number of carbonyl (C=O) groups excluding carboxylic acids is 2. The number of hydrogen-bond donors (Lipinski definition) is 2. The first kappa shape index (κ1) is 24.0. The lowest BCUT2D eigenvalue weighted by Gasteiger charge is -2.20. The molecule has 170 valence electrons. The molecular weight excluding hydrogens is 452 g/mol. The zero-order valence-corrected chi connectivity index (χ0v) is 18.9. The summed E-state index contributed by atoms with van der Waals surface area (Å²) in [5, 5.41) is 11.9. The van der Waals surface area contributed by atoms with Crippen LogP contribution in [0.25, 0.3) is 0 Å². The zero-order chi connectivity index (χ0) is 23.1. The first-order valence-electron chi connectivity index (χ1n) is 10.1. The Labute approximate surface area is 191 Å². The van der Waals surface area contributed by atoms with E-state index >= 15 is 0 Å². The van der Waals surface area contributed by atoms with Crippen LogP contribution in [0.1, 0.15) is 28.8 Å². The number of aliphatic carboxylic acids is 1. The number of carboxylic acid groups (broad SMARTS) is 1. The van der Waals surface area contributed by atoms with Gasteiger partial charge in [0.05, 0.1) is 12.3 Å². The van der Waals surface area contributed by atoms with E-state index in [-0.39, 0.29) is 35.5 Å². The second-order valence-electron chi connectivity index (χ2n) is 7.24. The van der Waals surface area contributed by atoms with Gasteiger partial charge in [0.25, 0.3) is 0 Å². The molecule has 1 atom stereocenters. The summed E-state index contributed by atoms with van der Waals surface area (Å²) in [5.41, 5.74) is 1.49. The summed E-state index contributed by atoms with van der Waals surface area (Å²) in [5.74, 6) is -1.60. The summed E-state index contributed by atoms with van der Waals surface area (Å²) in [6.45, 7) is 0.108. The third-order valence-corrected chi connectivity index (χ3v) is 8.09. The molecule has 1 fully saturated rings. The molecule has 1 heterocycles. The quantitative estimate of drug-likeness (QED) is 0.502. The Morgan fingerprint density at radius 3 is 2.47 bits per heavy atom. The summed E-state index contributed by atoms with van der Waals surface area (Å²) in [6.07, 6.45) is 0.805. The Morgan fingerprint density at radius 2 is 1.75 bits per heavy atom. The van der Waals surface area contributed by atoms with Crippen molar-refractivity contribution in [2.75, 3.05) is 29.9 Å². The molecule has 8 nitrogen and oxygen atoms in total. The molecule has 0 radical (unpaired) electrons. The van der Waals surface area contributed by atoms with E-state index in [2.05, 4.69) is 5.32 Å². The lowest BCUT2D eigenvalue weighted by atomic mass is 10.0. The van der Waals surface area contributed by atoms with Crippen molar-refractivity contribution in [1.82, 2.24) is 4.31 Å². The number of sulfonamides is 1. The van der Waals surface area contributed by atoms with Gasteiger partial charge in [-0.25, -0.2) is 8.42 Å². The highest BCUT2D eigenvalue weighted by atomic mass is 32.2. The highest BCUT2D eigenvalue weighted by Crippen LogP contribution is 2.23. The third-order valence-electron chi connectivity index (χ3n) is 5.08. The SMILES string of the molecule is O=C(CNc1ccccc1C(=O)c1ccccc1)SCCS(=O)(=O)N1CCC[C@H]1C(=O)O. The van der Waals surface area contributed by atoms with Crippen molar-refractivity contribution in [2.24, 2.45) is 0 Å². The van der Waals surface area contributed by atoms with Crippen LogP contribution in [0.4, 0.5) is 5.69 Å². The van der Waals surface area contributed by atoms with Gasteiger partial charge in [-0.1, -0.05) is 54.2 Å². The smallest absolute Gasteiger partial charge is 0.322 e. The Balaban J connectivity index is 1.53. The number of para-hydroxylation sites is 1. The van der Waals surface area contributed by atoms with Crippen LogP contribution in [-0.2, 0) is 19.6 Å². The van der Waals surface area contributed by atoms with Gasteiger partial charge in [-0.15, -0.1) is 0 Å². The van der Waals surface area contributed by atoms with Gasteiger partial charge in [0.15, 0.2) is 5.78 Å². The van der Waals surface area contributed by atoms with Crippen molar-refractivity contribution in [2.45, 2.75) is 18.9 Å². The number of carboxylic acids is 1. The van der Waals surface area contributed by atoms with Crippen LogP contribution in [0.15, 0.2) is 54.6 Å². The van der Waals surface area contributed by atoms with Crippen molar-refractivity contribution >= 4 is 44.3 Å². The molecule has 0 aromatic heterocycles. The molecule has 2 aromatic carbocycles. The molecule has 0 amide bonds. The first-order chi connectivity index (χ1) is 15.3. The van der Waals surface area contributed by atoms with Crippen molar-refractivity contribution in [1.29, 1.82) is 0 Å². The number of nitrogens with zero attached hydrogens (tertiary/aromatic N) is 1. The molecule has 1 aliphatic rings. The molecule has 2 aromatic rings. The first-order valence-corrected chi connectivity index (χ1v) is 12.7. The maximum absolute atomic E-state index is 12.8. The molecule has 0 aliphatic carbocycles. The fraction of sp³-hybridized carbons (Fsp3) is 0.318. The van der Waals surface area contributed by atoms with E-state index < -0.39 is 22.0 Å². The minimum absolute atomic E-state index is 0.0241. The van der Waals surface area contributed by atoms with Crippen LogP contribution >= 0.6 is 11.8 Å². The minimum Gasteiger partial charge on any atom is -0.480 e. The Morgan fingerprint density at radius 1 is 1.06 bits per heavy atom. The molecule has 3 rings (SSSR count). The standard InChI is InChI=1S/C22H24N2O6S2/c25-20(31-13-14-32(29,30)24-12-6-11-19(24)22(27)28)15-23-18-10-5-4-9-17(18)21(26)16-7-2-1-3-8-16/h1-5,7-10,19,23H,6,11-15H2,(H,27,28)/t19-/m0/s1. The van der Waals surface area contributed by atoms with Gasteiger partial charge in [0.1, 0.15) is 6.04 Å². The van der Waals surface area contributed by atoms with Gasteiger partial charge in [-0.2, -0.15) is 4.31 Å². The lowest BCUT2D eigenvalue weighted by molar-refractivity contribution is -0.140. The highest BCUT2D eigenvalue weighted by Gasteiger charge is 2.38. The fourth-order valence-corrected chi connectivity index (χ4v) is 6.30. The van der Waals surface area contributed by atoms with Gasteiger partial charge in [-0.3, -0.25) is 14.4 Å². The molecule has 2 N–H and O–H groups in total. The second kappa shape index (κ2) is 10.8. The Bertz CT molecular complexity index is 1090. The molecule has 1 aliphatic heterocycles. The summed E-state index contributed by atoms with van der Waals surface area (Å²) >= 11 is 0.862. The zero-order valence-electron chi connectivity index (χ0n) is 17.3. The van der Waals surface area contributed by atoms with E-state index in [1.165, 1.54) is 0 Å². The van der Waals surface area contributed by atoms with Gasteiger partial charge in [0, 0.05) is 29.1 Å². The Hall–Kier alpha value is -2.69. The Kier molecular flexibility index (Phi) is 8.05. The molecule has 0 unspecified atom stereocenters. The number of benzene rings is 2. The summed E-state index contributed by atoms with van der Waals surface area (Å²) in [7, 11) is -3.75. The van der Waals surface area contributed by atoms with Crippen molar-refractivity contribution in [3.8, 4) is 0 Å². The molecule has 0 bridgehead atoms. The van der Waals surface area contributed by atoms with Gasteiger partial charge < -0.3 is 10.4 Å². The van der Waals surface area contributed by atoms with Crippen LogP contribution < -0.4 is 5.32 Å². The largest absolute Gasteiger partial charge is 0.480 e. The van der Waals surface area contributed by atoms with Crippen LogP contribution in [0.5, 0.6) is 0 Å². The lowest BCUT2D eigenvalue weighted by Crippen LogP contribution is -2.42. The maximum Gasteiger partial charge on any atom is 0.322 e. The van der Waals surface area contributed by atoms with Gasteiger partial charge in [0.2, 0.25) is 15.1 Å². The third kappa shape index (κ3) is 5.96. The summed E-state index contributed by atoms with van der Waals surface area (Å²) < 4.78 is 25.9. The average Bonchev–Trinajstić information content (AvgIpc) is 3.29. The number of nitrogens with one attached hydrogen (secondary N) is 1. The van der Waals surface area contributed by atoms with Crippen molar-refractivity contribution in [3.63, 3.8) is 0 Å². The molecule has 0 spiro atoms. The predicted molar refractivity (Wildman–Crippen MR) is 123 cm³/mol. The predicted octanol–water partition coefficient (Wildman–Crippen LogP) is 2.47. The minimum atomic E-state index is -3.75. The number of ketones is 1. The van der Waals surface area contributed by atoms with Crippen LogP contribution in [0.3, 0.4) is 0 Å². The summed E-state index contributed by atoms with van der Waals surface area (Å²) in [6, 6.07) is 14.7. The number of anilines is 1. The number of carbonyl (C=O) groups is 3. The molecule has 0 saturated carbocycles. The second-order valence-corrected chi connectivity index (χ2v) is 10.4. The number of rotatable bonds is 10. The monoisotopic (exact) mass is 476 g/mol. The average molecular weight is 477 g/mol. The maximum atomic E-state index is 12.8. The molecular formula is C22H24N2O6S2. The van der Waals surface area contributed by atoms with Gasteiger partial charge in [-0.05, 0) is 25.0 Å². The van der Waals surface area contributed by atoms with E-state index in [1.807, 2.05) is 6.07 Å². The van der Waals surface area contributed by atoms with E-state index in [4.69, 9.17) is 0 Å². The van der Waals surface area contributed by atoms with E-state index in [0.717, 1.165) is 16.1 Å². The summed E-state index contributed by atoms with van der Waals surface area (Å²) in [4.78, 5) is 36.2. The highest BCUT2D eigenvalue weighted by molar-refractivity contribution is 8.14. The van der Waals surface area contributed by atoms with E-state index in [9.17, 15) is 27.9 Å².